The molecule has 0 aliphatic carbocycles. The van der Waals surface area contributed by atoms with Gasteiger partial charge in [-0.1, -0.05) is 5.92 Å². The first-order chi connectivity index (χ1) is 6.66. The van der Waals surface area contributed by atoms with Crippen molar-refractivity contribution >= 4 is 11.9 Å². The standard InChI is InChI=1S/C10H12O4/c1-3-13-10(12)7-5-4-6-8-14-9(2)11/h4,6H,3,8H2,1-2H3/b6-4+. The summed E-state index contributed by atoms with van der Waals surface area (Å²) >= 11 is 0. The Morgan fingerprint density at radius 2 is 2.07 bits per heavy atom. The number of carbonyl (C=O) groups is 2. The number of hydrogen-bond acceptors (Lipinski definition) is 4. The van der Waals surface area contributed by atoms with Crippen LogP contribution in [0.25, 0.3) is 0 Å². The van der Waals surface area contributed by atoms with Gasteiger partial charge in [0, 0.05) is 12.8 Å². The summed E-state index contributed by atoms with van der Waals surface area (Å²) < 4.78 is 9.14. The van der Waals surface area contributed by atoms with Crippen LogP contribution in [0.5, 0.6) is 0 Å². The second-order valence-electron chi connectivity index (χ2n) is 2.19. The van der Waals surface area contributed by atoms with Crippen molar-refractivity contribution in [3.63, 3.8) is 0 Å². The molecule has 0 heterocycles. The van der Waals surface area contributed by atoms with Crippen LogP contribution in [0.4, 0.5) is 0 Å². The number of rotatable bonds is 3. The fourth-order valence-corrected chi connectivity index (χ4v) is 0.540. The number of carbonyl (C=O) groups excluding carboxylic acids is 2. The zero-order valence-corrected chi connectivity index (χ0v) is 8.20. The molecule has 0 amide bonds. The Morgan fingerprint density at radius 1 is 1.36 bits per heavy atom. The molecular weight excluding hydrogens is 184 g/mol. The van der Waals surface area contributed by atoms with Gasteiger partial charge in [0.15, 0.2) is 0 Å². The zero-order chi connectivity index (χ0) is 10.8. The van der Waals surface area contributed by atoms with Gasteiger partial charge in [-0.2, -0.15) is 0 Å². The summed E-state index contributed by atoms with van der Waals surface area (Å²) in [6.07, 6.45) is 2.97. The normalized spacial score (nSPS) is 9.00. The summed E-state index contributed by atoms with van der Waals surface area (Å²) in [5.41, 5.74) is 0. The van der Waals surface area contributed by atoms with E-state index < -0.39 is 5.97 Å². The van der Waals surface area contributed by atoms with Crippen LogP contribution in [0, 0.1) is 11.8 Å². The van der Waals surface area contributed by atoms with E-state index >= 15 is 0 Å². The molecule has 4 nitrogen and oxygen atoms in total. The molecule has 14 heavy (non-hydrogen) atoms. The number of allylic oxidation sites excluding steroid dienone is 1. The molecule has 0 rings (SSSR count). The highest BCUT2D eigenvalue weighted by molar-refractivity contribution is 5.88. The van der Waals surface area contributed by atoms with Gasteiger partial charge in [-0.3, -0.25) is 4.79 Å². The molecule has 76 valence electrons. The van der Waals surface area contributed by atoms with Gasteiger partial charge in [0.2, 0.25) is 0 Å². The Bertz CT molecular complexity index is 280. The lowest BCUT2D eigenvalue weighted by molar-refractivity contribution is -0.139. The molecule has 0 aliphatic heterocycles. The van der Waals surface area contributed by atoms with Crippen LogP contribution in [-0.2, 0) is 19.1 Å². The minimum Gasteiger partial charge on any atom is -0.462 e. The third-order valence-electron chi connectivity index (χ3n) is 1.03. The molecule has 0 fully saturated rings. The monoisotopic (exact) mass is 196 g/mol. The number of esters is 2. The van der Waals surface area contributed by atoms with Gasteiger partial charge in [-0.15, -0.1) is 0 Å². The third-order valence-corrected chi connectivity index (χ3v) is 1.03. The van der Waals surface area contributed by atoms with Crippen LogP contribution in [-0.4, -0.2) is 25.2 Å². The van der Waals surface area contributed by atoms with E-state index in [-0.39, 0.29) is 12.6 Å². The summed E-state index contributed by atoms with van der Waals surface area (Å²) in [6, 6.07) is 0. The van der Waals surface area contributed by atoms with Crippen molar-refractivity contribution in [1.82, 2.24) is 0 Å². The van der Waals surface area contributed by atoms with Gasteiger partial charge >= 0.3 is 11.9 Å². The summed E-state index contributed by atoms with van der Waals surface area (Å²) in [5, 5.41) is 0. The van der Waals surface area contributed by atoms with E-state index in [4.69, 9.17) is 0 Å². The Kier molecular flexibility index (Phi) is 6.88. The van der Waals surface area contributed by atoms with Gasteiger partial charge < -0.3 is 9.47 Å². The highest BCUT2D eigenvalue weighted by Gasteiger charge is 1.90. The maximum absolute atomic E-state index is 10.7. The molecule has 0 bridgehead atoms. The minimum atomic E-state index is -0.565. The first-order valence-corrected chi connectivity index (χ1v) is 4.13. The summed E-state index contributed by atoms with van der Waals surface area (Å²) in [6.45, 7) is 3.49. The summed E-state index contributed by atoms with van der Waals surface area (Å²) in [5.74, 6) is 3.76. The fourth-order valence-electron chi connectivity index (χ4n) is 0.540. The van der Waals surface area contributed by atoms with Crippen LogP contribution < -0.4 is 0 Å². The Morgan fingerprint density at radius 3 is 2.64 bits per heavy atom. The largest absolute Gasteiger partial charge is 0.462 e. The van der Waals surface area contributed by atoms with Crippen LogP contribution in [0.2, 0.25) is 0 Å². The molecule has 0 aromatic carbocycles. The quantitative estimate of drug-likeness (QED) is 0.378. The van der Waals surface area contributed by atoms with Crippen molar-refractivity contribution in [1.29, 1.82) is 0 Å². The van der Waals surface area contributed by atoms with E-state index in [0.717, 1.165) is 0 Å². The van der Waals surface area contributed by atoms with Gasteiger partial charge in [0.05, 0.1) is 6.61 Å². The number of hydrogen-bond donors (Lipinski definition) is 0. The molecule has 0 radical (unpaired) electrons. The minimum absolute atomic E-state index is 0.160. The van der Waals surface area contributed by atoms with Gasteiger partial charge in [-0.05, 0) is 19.1 Å². The Balaban J connectivity index is 3.69. The Labute approximate surface area is 82.9 Å². The average molecular weight is 196 g/mol. The second-order valence-corrected chi connectivity index (χ2v) is 2.19. The smallest absolute Gasteiger partial charge is 0.384 e. The molecular formula is C10H12O4. The van der Waals surface area contributed by atoms with Crippen molar-refractivity contribution in [3.8, 4) is 11.8 Å². The number of ether oxygens (including phenoxy) is 2. The van der Waals surface area contributed by atoms with Crippen molar-refractivity contribution in [2.45, 2.75) is 13.8 Å². The highest BCUT2D eigenvalue weighted by Crippen LogP contribution is 1.79. The van der Waals surface area contributed by atoms with E-state index in [1.54, 1.807) is 6.92 Å². The van der Waals surface area contributed by atoms with Gasteiger partial charge in [-0.25, -0.2) is 4.79 Å². The lowest BCUT2D eigenvalue weighted by atomic mass is 10.5. The first-order valence-electron chi connectivity index (χ1n) is 4.13. The molecule has 0 unspecified atom stereocenters. The molecule has 4 heteroatoms. The first kappa shape index (κ1) is 12.2. The predicted molar refractivity (Wildman–Crippen MR) is 50.2 cm³/mol. The lowest BCUT2D eigenvalue weighted by Crippen LogP contribution is -1.99. The molecule has 0 aromatic rings. The van der Waals surface area contributed by atoms with E-state index in [1.807, 2.05) is 0 Å². The van der Waals surface area contributed by atoms with E-state index in [9.17, 15) is 9.59 Å². The maximum Gasteiger partial charge on any atom is 0.384 e. The predicted octanol–water partition coefficient (Wildman–Crippen LogP) is 0.672. The average Bonchev–Trinajstić information content (AvgIpc) is 2.11. The third kappa shape index (κ3) is 8.34. The van der Waals surface area contributed by atoms with Gasteiger partial charge in [0.25, 0.3) is 0 Å². The van der Waals surface area contributed by atoms with E-state index in [1.165, 1.54) is 19.1 Å². The highest BCUT2D eigenvalue weighted by atomic mass is 16.5. The summed E-state index contributed by atoms with van der Waals surface area (Å²) in [4.78, 5) is 21.0. The SMILES string of the molecule is CCOC(=O)C#C/C=C/COC(C)=O. The Hall–Kier alpha value is -1.76. The molecule has 0 saturated carbocycles. The zero-order valence-electron chi connectivity index (χ0n) is 8.20. The van der Waals surface area contributed by atoms with Gasteiger partial charge in [0.1, 0.15) is 6.61 Å². The van der Waals surface area contributed by atoms with Crippen LogP contribution in [0.1, 0.15) is 13.8 Å². The maximum atomic E-state index is 10.7. The fraction of sp³-hybridized carbons (Fsp3) is 0.400. The molecule has 0 aliphatic rings. The van der Waals surface area contributed by atoms with Crippen LogP contribution in [0.3, 0.4) is 0 Å². The molecule has 0 saturated heterocycles. The topological polar surface area (TPSA) is 52.6 Å². The summed E-state index contributed by atoms with van der Waals surface area (Å²) in [7, 11) is 0. The molecule has 0 spiro atoms. The van der Waals surface area contributed by atoms with Crippen LogP contribution in [0.15, 0.2) is 12.2 Å². The van der Waals surface area contributed by atoms with E-state index in [0.29, 0.717) is 6.61 Å². The molecule has 0 aromatic heterocycles. The van der Waals surface area contributed by atoms with Crippen molar-refractivity contribution < 1.29 is 19.1 Å². The van der Waals surface area contributed by atoms with Crippen molar-refractivity contribution in [2.24, 2.45) is 0 Å². The van der Waals surface area contributed by atoms with Crippen LogP contribution >= 0.6 is 0 Å². The van der Waals surface area contributed by atoms with E-state index in [2.05, 4.69) is 21.3 Å². The second kappa shape index (κ2) is 7.87. The van der Waals surface area contributed by atoms with Crippen molar-refractivity contribution in [3.05, 3.63) is 12.2 Å². The lowest BCUT2D eigenvalue weighted by Gasteiger charge is -1.92. The van der Waals surface area contributed by atoms with Crippen molar-refractivity contribution in [2.75, 3.05) is 13.2 Å². The molecule has 0 N–H and O–H groups in total. The molecule has 0 atom stereocenters.